The maximum absolute atomic E-state index is 13.2. The summed E-state index contributed by atoms with van der Waals surface area (Å²) in [5, 5.41) is 4.71. The van der Waals surface area contributed by atoms with Gasteiger partial charge in [0.25, 0.3) is 5.91 Å². The Balaban J connectivity index is 0.00000141. The molecule has 0 saturated heterocycles. The molecule has 0 radical (unpaired) electrons. The minimum absolute atomic E-state index is 0.0755. The Morgan fingerprint density at radius 3 is 2.72 bits per heavy atom. The molecule has 1 aliphatic carbocycles. The number of fused-ring (bicyclic) bond motifs is 1. The number of allylic oxidation sites excluding steroid dienone is 3. The van der Waals surface area contributed by atoms with Crippen LogP contribution < -0.4 is 5.32 Å². The van der Waals surface area contributed by atoms with Crippen molar-refractivity contribution < 1.29 is 4.79 Å². The second-order valence-electron chi connectivity index (χ2n) is 7.32. The Labute approximate surface area is 203 Å². The van der Waals surface area contributed by atoms with E-state index in [-0.39, 0.29) is 5.91 Å². The number of nitrogens with one attached hydrogen (secondary N) is 2. The second kappa shape index (κ2) is 11.9. The number of H-pyrrole nitrogens is 1. The molecule has 2 N–H and O–H groups in total. The molecule has 1 aromatic heterocycles. The van der Waals surface area contributed by atoms with Gasteiger partial charge in [0.1, 0.15) is 0 Å². The van der Waals surface area contributed by atoms with Gasteiger partial charge in [0, 0.05) is 26.9 Å². The van der Waals surface area contributed by atoms with E-state index in [2.05, 4.69) is 44.5 Å². The Morgan fingerprint density at radius 2 is 1.94 bits per heavy atom. The molecule has 0 unspecified atom stereocenters. The summed E-state index contributed by atoms with van der Waals surface area (Å²) in [4.78, 5) is 16.6. The first kappa shape index (κ1) is 24.1. The SMILES string of the molecule is CC.O=C(NCC1=CC=CCCC1)c1c(/C=C/c2ccc(Cl)cc2)[nH]c2cc(Br)ccc12. The van der Waals surface area contributed by atoms with Crippen molar-refractivity contribution in [2.45, 2.75) is 33.1 Å². The molecule has 5 heteroatoms. The molecule has 0 fully saturated rings. The van der Waals surface area contributed by atoms with Crippen LogP contribution in [0.3, 0.4) is 0 Å². The number of benzene rings is 2. The molecule has 2 aromatic carbocycles. The first-order chi connectivity index (χ1) is 15.6. The lowest BCUT2D eigenvalue weighted by Crippen LogP contribution is -2.26. The lowest BCUT2D eigenvalue weighted by Gasteiger charge is -2.08. The molecule has 1 heterocycles. The summed E-state index contributed by atoms with van der Waals surface area (Å²) in [6, 6.07) is 13.5. The first-order valence-electron chi connectivity index (χ1n) is 11.0. The molecular weight excluding hydrogens is 484 g/mol. The van der Waals surface area contributed by atoms with E-state index in [0.717, 1.165) is 45.9 Å². The fourth-order valence-electron chi connectivity index (χ4n) is 3.57. The number of rotatable bonds is 5. The van der Waals surface area contributed by atoms with Crippen molar-refractivity contribution in [3.63, 3.8) is 0 Å². The summed E-state index contributed by atoms with van der Waals surface area (Å²) in [5.41, 5.74) is 4.62. The van der Waals surface area contributed by atoms with Gasteiger partial charge < -0.3 is 10.3 Å². The highest BCUT2D eigenvalue weighted by atomic mass is 79.9. The largest absolute Gasteiger partial charge is 0.354 e. The van der Waals surface area contributed by atoms with Gasteiger partial charge in [0.05, 0.1) is 11.3 Å². The van der Waals surface area contributed by atoms with Gasteiger partial charge in [0.2, 0.25) is 0 Å². The van der Waals surface area contributed by atoms with E-state index >= 15 is 0 Å². The van der Waals surface area contributed by atoms with Crippen molar-refractivity contribution in [2.24, 2.45) is 0 Å². The van der Waals surface area contributed by atoms with E-state index in [0.29, 0.717) is 17.1 Å². The summed E-state index contributed by atoms with van der Waals surface area (Å²) in [5.74, 6) is -0.0755. The first-order valence-corrected chi connectivity index (χ1v) is 12.1. The van der Waals surface area contributed by atoms with Crippen molar-refractivity contribution in [1.29, 1.82) is 0 Å². The van der Waals surface area contributed by atoms with Crippen LogP contribution >= 0.6 is 27.5 Å². The maximum atomic E-state index is 13.2. The Morgan fingerprint density at radius 1 is 1.16 bits per heavy atom. The molecule has 1 amide bonds. The maximum Gasteiger partial charge on any atom is 0.254 e. The molecule has 166 valence electrons. The molecule has 0 spiro atoms. The minimum atomic E-state index is -0.0755. The lowest BCUT2D eigenvalue weighted by atomic mass is 10.1. The number of aromatic amines is 1. The van der Waals surface area contributed by atoms with Gasteiger partial charge in [-0.15, -0.1) is 0 Å². The monoisotopic (exact) mass is 510 g/mol. The van der Waals surface area contributed by atoms with E-state index in [1.807, 2.05) is 68.5 Å². The number of hydrogen-bond acceptors (Lipinski definition) is 1. The number of amides is 1. The van der Waals surface area contributed by atoms with Gasteiger partial charge in [-0.1, -0.05) is 89.5 Å². The highest BCUT2D eigenvalue weighted by molar-refractivity contribution is 9.10. The summed E-state index contributed by atoms with van der Waals surface area (Å²) in [7, 11) is 0. The molecule has 32 heavy (non-hydrogen) atoms. The fraction of sp³-hybridized carbons (Fsp3) is 0.222. The normalized spacial score (nSPS) is 13.4. The molecule has 1 aliphatic rings. The van der Waals surface area contributed by atoms with Crippen LogP contribution in [0.2, 0.25) is 5.02 Å². The summed E-state index contributed by atoms with van der Waals surface area (Å²) in [6.45, 7) is 4.56. The van der Waals surface area contributed by atoms with Crippen LogP contribution in [-0.4, -0.2) is 17.4 Å². The van der Waals surface area contributed by atoms with Crippen LogP contribution in [-0.2, 0) is 0 Å². The standard InChI is InChI=1S/C25H22BrClN2O.C2H6/c26-19-10-13-21-23(15-19)29-22(14-9-17-7-11-20(27)12-8-17)24(21)25(30)28-16-18-5-3-1-2-4-6-18;1-2/h1,3,5,7-15,29H,2,4,6,16H2,(H,28,30);1-2H3/b14-9+;. The zero-order valence-corrected chi connectivity index (χ0v) is 20.8. The van der Waals surface area contributed by atoms with Gasteiger partial charge in [-0.25, -0.2) is 0 Å². The predicted molar refractivity (Wildman–Crippen MR) is 141 cm³/mol. The highest BCUT2D eigenvalue weighted by Crippen LogP contribution is 2.27. The van der Waals surface area contributed by atoms with Gasteiger partial charge in [-0.2, -0.15) is 0 Å². The van der Waals surface area contributed by atoms with Crippen LogP contribution in [0.5, 0.6) is 0 Å². The molecule has 0 bridgehead atoms. The molecule has 4 rings (SSSR count). The highest BCUT2D eigenvalue weighted by Gasteiger charge is 2.17. The number of halogens is 2. The van der Waals surface area contributed by atoms with E-state index in [4.69, 9.17) is 11.6 Å². The third-order valence-corrected chi connectivity index (χ3v) is 5.89. The van der Waals surface area contributed by atoms with Crippen LogP contribution in [0.4, 0.5) is 0 Å². The van der Waals surface area contributed by atoms with Crippen molar-refractivity contribution in [2.75, 3.05) is 6.54 Å². The zero-order valence-electron chi connectivity index (χ0n) is 18.4. The number of aromatic nitrogens is 1. The third-order valence-electron chi connectivity index (χ3n) is 5.14. The van der Waals surface area contributed by atoms with E-state index < -0.39 is 0 Å². The quantitative estimate of drug-likeness (QED) is 0.356. The summed E-state index contributed by atoms with van der Waals surface area (Å²) < 4.78 is 0.965. The van der Waals surface area contributed by atoms with Crippen LogP contribution in [0.1, 0.15) is 54.7 Å². The van der Waals surface area contributed by atoms with Crippen molar-refractivity contribution in [1.82, 2.24) is 10.3 Å². The smallest absolute Gasteiger partial charge is 0.254 e. The number of carbonyl (C=O) groups excluding carboxylic acids is 1. The molecule has 3 aromatic rings. The van der Waals surface area contributed by atoms with E-state index in [1.165, 1.54) is 5.57 Å². The topological polar surface area (TPSA) is 44.9 Å². The fourth-order valence-corrected chi connectivity index (χ4v) is 4.06. The molecular formula is C27H28BrClN2O. The van der Waals surface area contributed by atoms with Crippen LogP contribution in [0.25, 0.3) is 23.1 Å². The van der Waals surface area contributed by atoms with E-state index in [1.54, 1.807) is 0 Å². The lowest BCUT2D eigenvalue weighted by molar-refractivity contribution is 0.0958. The Hall–Kier alpha value is -2.56. The van der Waals surface area contributed by atoms with Crippen molar-refractivity contribution in [3.8, 4) is 0 Å². The van der Waals surface area contributed by atoms with Crippen LogP contribution in [0.15, 0.2) is 70.7 Å². The number of hydrogen-bond donors (Lipinski definition) is 2. The predicted octanol–water partition coefficient (Wildman–Crippen LogP) is 8.18. The van der Waals surface area contributed by atoms with Gasteiger partial charge in [-0.05, 0) is 55.2 Å². The molecule has 0 aliphatic heterocycles. The summed E-state index contributed by atoms with van der Waals surface area (Å²) in [6.07, 6.45) is 13.5. The second-order valence-corrected chi connectivity index (χ2v) is 8.67. The molecule has 0 saturated carbocycles. The Bertz CT molecular complexity index is 1160. The van der Waals surface area contributed by atoms with Gasteiger partial charge >= 0.3 is 0 Å². The van der Waals surface area contributed by atoms with E-state index in [9.17, 15) is 4.79 Å². The third kappa shape index (κ3) is 6.24. The van der Waals surface area contributed by atoms with Crippen molar-refractivity contribution >= 4 is 56.5 Å². The molecule has 3 nitrogen and oxygen atoms in total. The van der Waals surface area contributed by atoms with Gasteiger partial charge in [0.15, 0.2) is 0 Å². The summed E-state index contributed by atoms with van der Waals surface area (Å²) >= 11 is 9.49. The van der Waals surface area contributed by atoms with Crippen LogP contribution in [0, 0.1) is 0 Å². The Kier molecular flexibility index (Phi) is 8.95. The molecule has 0 atom stereocenters. The average Bonchev–Trinajstić information content (AvgIpc) is 2.96. The minimum Gasteiger partial charge on any atom is -0.354 e. The van der Waals surface area contributed by atoms with Crippen molar-refractivity contribution in [3.05, 3.63) is 92.6 Å². The number of carbonyl (C=O) groups is 1. The average molecular weight is 512 g/mol. The van der Waals surface area contributed by atoms with Gasteiger partial charge in [-0.3, -0.25) is 4.79 Å². The zero-order chi connectivity index (χ0) is 22.9.